The van der Waals surface area contributed by atoms with E-state index in [9.17, 15) is 19.5 Å². The second kappa shape index (κ2) is 9.94. The molecule has 33 heavy (non-hydrogen) atoms. The zero-order valence-corrected chi connectivity index (χ0v) is 19.3. The molecule has 0 fully saturated rings. The number of carboxylic acid groups (broad SMARTS) is 1. The van der Waals surface area contributed by atoms with Gasteiger partial charge in [0.15, 0.2) is 0 Å². The Morgan fingerprint density at radius 1 is 1.15 bits per heavy atom. The predicted molar refractivity (Wildman–Crippen MR) is 123 cm³/mol. The maximum Gasteiger partial charge on any atom is 0.408 e. The van der Waals surface area contributed by atoms with Crippen LogP contribution < -0.4 is 15.0 Å². The van der Waals surface area contributed by atoms with E-state index in [1.165, 1.54) is 4.90 Å². The first-order chi connectivity index (χ1) is 15.6. The van der Waals surface area contributed by atoms with Gasteiger partial charge in [0.05, 0.1) is 0 Å². The van der Waals surface area contributed by atoms with Gasteiger partial charge in [0.25, 0.3) is 5.91 Å². The zero-order chi connectivity index (χ0) is 24.2. The van der Waals surface area contributed by atoms with Gasteiger partial charge < -0.3 is 19.9 Å². The summed E-state index contributed by atoms with van der Waals surface area (Å²) in [5.41, 5.74) is 1.50. The molecule has 2 atom stereocenters. The lowest BCUT2D eigenvalue weighted by Crippen LogP contribution is -2.53. The standard InChI is InChI=1S/C25H30N2O6/c1-5-19(26-24(31)33-25(2,3)4)22(28)27-20-12-11-18(13-17(20)14-21(27)23(29)30)32-15-16-9-7-6-8-10-16/h6-13,19,21H,5,14-15H2,1-4H3,(H,26,31)(H,29,30)/t19-,21+/m0/s1. The summed E-state index contributed by atoms with van der Waals surface area (Å²) in [6.45, 7) is 7.30. The quantitative estimate of drug-likeness (QED) is 0.657. The highest BCUT2D eigenvalue weighted by molar-refractivity contribution is 6.05. The van der Waals surface area contributed by atoms with Crippen LogP contribution in [0.5, 0.6) is 5.75 Å². The van der Waals surface area contributed by atoms with E-state index >= 15 is 0 Å². The molecule has 1 aliphatic heterocycles. The van der Waals surface area contributed by atoms with Gasteiger partial charge in [-0.1, -0.05) is 37.3 Å². The maximum atomic E-state index is 13.3. The van der Waals surface area contributed by atoms with Crippen LogP contribution in [0.25, 0.3) is 0 Å². The van der Waals surface area contributed by atoms with Crippen LogP contribution in [-0.2, 0) is 27.4 Å². The topological polar surface area (TPSA) is 105 Å². The normalized spacial score (nSPS) is 16.0. The van der Waals surface area contributed by atoms with Crippen molar-refractivity contribution in [3.05, 3.63) is 59.7 Å². The first-order valence-electron chi connectivity index (χ1n) is 10.9. The Hall–Kier alpha value is -3.55. The summed E-state index contributed by atoms with van der Waals surface area (Å²) in [5.74, 6) is -1.01. The largest absolute Gasteiger partial charge is 0.489 e. The van der Waals surface area contributed by atoms with E-state index in [0.717, 1.165) is 5.56 Å². The van der Waals surface area contributed by atoms with Crippen molar-refractivity contribution < 1.29 is 29.0 Å². The summed E-state index contributed by atoms with van der Waals surface area (Å²) in [4.78, 5) is 38.7. The van der Waals surface area contributed by atoms with E-state index in [0.29, 0.717) is 23.6 Å². The van der Waals surface area contributed by atoms with Gasteiger partial charge in [-0.25, -0.2) is 9.59 Å². The van der Waals surface area contributed by atoms with Crippen LogP contribution in [0.1, 0.15) is 45.2 Å². The van der Waals surface area contributed by atoms with Crippen LogP contribution in [0.4, 0.5) is 10.5 Å². The summed E-state index contributed by atoms with van der Waals surface area (Å²) < 4.78 is 11.1. The number of carbonyl (C=O) groups excluding carboxylic acids is 2. The molecule has 0 spiro atoms. The lowest BCUT2D eigenvalue weighted by atomic mass is 10.1. The maximum absolute atomic E-state index is 13.3. The molecule has 176 valence electrons. The lowest BCUT2D eigenvalue weighted by molar-refractivity contribution is -0.140. The number of amides is 2. The molecule has 1 aliphatic rings. The predicted octanol–water partition coefficient (Wildman–Crippen LogP) is 3.91. The van der Waals surface area contributed by atoms with E-state index in [1.807, 2.05) is 30.3 Å². The van der Waals surface area contributed by atoms with E-state index in [4.69, 9.17) is 9.47 Å². The van der Waals surface area contributed by atoms with Gasteiger partial charge in [0.1, 0.15) is 30.0 Å². The molecule has 8 heteroatoms. The number of nitrogens with one attached hydrogen (secondary N) is 1. The molecule has 2 aromatic rings. The first kappa shape index (κ1) is 24.1. The highest BCUT2D eigenvalue weighted by Gasteiger charge is 2.41. The second-order valence-electron chi connectivity index (χ2n) is 8.94. The lowest BCUT2D eigenvalue weighted by Gasteiger charge is -2.28. The molecule has 2 amide bonds. The van der Waals surface area contributed by atoms with E-state index in [1.54, 1.807) is 45.9 Å². The van der Waals surface area contributed by atoms with Crippen molar-refractivity contribution in [3.8, 4) is 5.75 Å². The molecular formula is C25H30N2O6. The Kier molecular flexibility index (Phi) is 7.26. The van der Waals surface area contributed by atoms with Gasteiger partial charge in [0.2, 0.25) is 0 Å². The van der Waals surface area contributed by atoms with Crippen molar-refractivity contribution in [2.45, 2.75) is 64.8 Å². The van der Waals surface area contributed by atoms with Gasteiger partial charge in [-0.3, -0.25) is 9.69 Å². The number of carboxylic acids is 1. The van der Waals surface area contributed by atoms with Crippen LogP contribution in [-0.4, -0.2) is 40.8 Å². The Morgan fingerprint density at radius 3 is 2.45 bits per heavy atom. The fourth-order valence-corrected chi connectivity index (χ4v) is 3.68. The third-order valence-corrected chi connectivity index (χ3v) is 5.20. The minimum absolute atomic E-state index is 0.155. The van der Waals surface area contributed by atoms with Gasteiger partial charge in [-0.2, -0.15) is 0 Å². The number of nitrogens with zero attached hydrogens (tertiary/aromatic N) is 1. The molecule has 0 aliphatic carbocycles. The van der Waals surface area contributed by atoms with Crippen LogP contribution in [0.15, 0.2) is 48.5 Å². The number of rotatable bonds is 7. The van der Waals surface area contributed by atoms with Gasteiger partial charge in [0, 0.05) is 12.1 Å². The van der Waals surface area contributed by atoms with E-state index in [-0.39, 0.29) is 12.8 Å². The molecule has 3 rings (SSSR count). The van der Waals surface area contributed by atoms with Crippen LogP contribution in [0.2, 0.25) is 0 Å². The van der Waals surface area contributed by atoms with Crippen molar-refractivity contribution in [1.29, 1.82) is 0 Å². The Morgan fingerprint density at radius 2 is 1.85 bits per heavy atom. The third-order valence-electron chi connectivity index (χ3n) is 5.20. The molecule has 0 aromatic heterocycles. The SMILES string of the molecule is CC[C@H](NC(=O)OC(C)(C)C)C(=O)N1c2ccc(OCc3ccccc3)cc2C[C@@H]1C(=O)O. The molecule has 2 N–H and O–H groups in total. The summed E-state index contributed by atoms with van der Waals surface area (Å²) in [6, 6.07) is 12.9. The number of fused-ring (bicyclic) bond motifs is 1. The van der Waals surface area contributed by atoms with Gasteiger partial charge >= 0.3 is 12.1 Å². The zero-order valence-electron chi connectivity index (χ0n) is 19.3. The molecule has 0 saturated carbocycles. The highest BCUT2D eigenvalue weighted by atomic mass is 16.6. The molecule has 1 heterocycles. The number of alkyl carbamates (subject to hydrolysis) is 1. The molecule has 8 nitrogen and oxygen atoms in total. The third kappa shape index (κ3) is 6.03. The van der Waals surface area contributed by atoms with Crippen molar-refractivity contribution in [3.63, 3.8) is 0 Å². The Bertz CT molecular complexity index is 1020. The summed E-state index contributed by atoms with van der Waals surface area (Å²) >= 11 is 0. The number of benzene rings is 2. The summed E-state index contributed by atoms with van der Waals surface area (Å²) in [5, 5.41) is 12.3. The Balaban J connectivity index is 1.79. The molecule has 0 unspecified atom stereocenters. The van der Waals surface area contributed by atoms with E-state index in [2.05, 4.69) is 5.32 Å². The second-order valence-corrected chi connectivity index (χ2v) is 8.94. The molecule has 2 aromatic carbocycles. The van der Waals surface area contributed by atoms with Gasteiger partial charge in [-0.05, 0) is 56.5 Å². The molecule has 0 bridgehead atoms. The van der Waals surface area contributed by atoms with Crippen molar-refractivity contribution in [2.24, 2.45) is 0 Å². The smallest absolute Gasteiger partial charge is 0.408 e. The van der Waals surface area contributed by atoms with Crippen molar-refractivity contribution >= 4 is 23.7 Å². The van der Waals surface area contributed by atoms with Crippen LogP contribution >= 0.6 is 0 Å². The number of hydrogen-bond acceptors (Lipinski definition) is 5. The number of aliphatic carboxylic acids is 1. The summed E-state index contributed by atoms with van der Waals surface area (Å²) in [6.07, 6.45) is -0.283. The average molecular weight is 455 g/mol. The van der Waals surface area contributed by atoms with Crippen LogP contribution in [0.3, 0.4) is 0 Å². The number of hydrogen-bond donors (Lipinski definition) is 2. The fraction of sp³-hybridized carbons (Fsp3) is 0.400. The van der Waals surface area contributed by atoms with Crippen molar-refractivity contribution in [1.82, 2.24) is 5.32 Å². The monoisotopic (exact) mass is 454 g/mol. The average Bonchev–Trinajstić information content (AvgIpc) is 3.14. The first-order valence-corrected chi connectivity index (χ1v) is 10.9. The number of carbonyl (C=O) groups is 3. The molecule has 0 radical (unpaired) electrons. The fourth-order valence-electron chi connectivity index (χ4n) is 3.68. The number of anilines is 1. The Labute approximate surface area is 193 Å². The minimum atomic E-state index is -1.11. The van der Waals surface area contributed by atoms with Crippen LogP contribution in [0, 0.1) is 0 Å². The highest BCUT2D eigenvalue weighted by Crippen LogP contribution is 2.36. The molecular weight excluding hydrogens is 424 g/mol. The van der Waals surface area contributed by atoms with E-state index < -0.39 is 35.7 Å². The summed E-state index contributed by atoms with van der Waals surface area (Å²) in [7, 11) is 0. The van der Waals surface area contributed by atoms with Gasteiger partial charge in [-0.15, -0.1) is 0 Å². The van der Waals surface area contributed by atoms with Crippen molar-refractivity contribution in [2.75, 3.05) is 4.90 Å². The minimum Gasteiger partial charge on any atom is -0.489 e. The molecule has 0 saturated heterocycles. The number of ether oxygens (including phenoxy) is 2.